The van der Waals surface area contributed by atoms with E-state index in [0.29, 0.717) is 24.8 Å². The molecule has 0 unspecified atom stereocenters. The standard InChI is InChI=1S/C21H21BrN4O2/c1-14-6-8-15(9-7-14)19-24-20(28-25-19)16-10-12-26(13-11-16)21(27)23-18-5-3-2-4-17(18)22/h2-9,16H,10-13H2,1H3,(H,23,27). The summed E-state index contributed by atoms with van der Waals surface area (Å²) >= 11 is 3.45. The fraction of sp³-hybridized carbons (Fsp3) is 0.286. The van der Waals surface area contributed by atoms with E-state index in [9.17, 15) is 4.79 Å². The number of nitrogens with zero attached hydrogens (tertiary/aromatic N) is 3. The molecule has 7 heteroatoms. The van der Waals surface area contributed by atoms with E-state index in [1.54, 1.807) is 0 Å². The number of likely N-dealkylation sites (tertiary alicyclic amines) is 1. The summed E-state index contributed by atoms with van der Waals surface area (Å²) in [5, 5.41) is 7.08. The SMILES string of the molecule is Cc1ccc(-c2noc(C3CCN(C(=O)Nc4ccccc4Br)CC3)n2)cc1. The number of piperidine rings is 1. The third-order valence-electron chi connectivity index (χ3n) is 5.00. The Balaban J connectivity index is 1.36. The van der Waals surface area contributed by atoms with Crippen molar-refractivity contribution in [1.82, 2.24) is 15.0 Å². The summed E-state index contributed by atoms with van der Waals surface area (Å²) in [6.07, 6.45) is 1.61. The van der Waals surface area contributed by atoms with Gasteiger partial charge in [-0.25, -0.2) is 4.79 Å². The van der Waals surface area contributed by atoms with Gasteiger partial charge in [-0.05, 0) is 47.8 Å². The molecule has 0 atom stereocenters. The van der Waals surface area contributed by atoms with Crippen LogP contribution in [0.5, 0.6) is 0 Å². The number of amides is 2. The topological polar surface area (TPSA) is 71.3 Å². The Hall–Kier alpha value is -2.67. The van der Waals surface area contributed by atoms with Crippen LogP contribution in [0.2, 0.25) is 0 Å². The van der Waals surface area contributed by atoms with Gasteiger partial charge in [0, 0.05) is 29.0 Å². The number of urea groups is 1. The Morgan fingerprint density at radius 3 is 2.57 bits per heavy atom. The smallest absolute Gasteiger partial charge is 0.321 e. The number of rotatable bonds is 3. The maximum Gasteiger partial charge on any atom is 0.321 e. The second-order valence-electron chi connectivity index (χ2n) is 6.99. The van der Waals surface area contributed by atoms with Crippen LogP contribution in [0.25, 0.3) is 11.4 Å². The molecule has 4 rings (SSSR count). The van der Waals surface area contributed by atoms with Crippen LogP contribution in [0.1, 0.15) is 30.2 Å². The predicted octanol–water partition coefficient (Wildman–Crippen LogP) is 5.22. The largest absolute Gasteiger partial charge is 0.339 e. The summed E-state index contributed by atoms with van der Waals surface area (Å²) in [4.78, 5) is 18.9. The maximum atomic E-state index is 12.5. The van der Waals surface area contributed by atoms with E-state index >= 15 is 0 Å². The number of hydrogen-bond donors (Lipinski definition) is 1. The lowest BCUT2D eigenvalue weighted by Gasteiger charge is -2.30. The molecule has 2 amide bonds. The lowest BCUT2D eigenvalue weighted by molar-refractivity contribution is 0.187. The van der Waals surface area contributed by atoms with Crippen molar-refractivity contribution < 1.29 is 9.32 Å². The van der Waals surface area contributed by atoms with Gasteiger partial charge < -0.3 is 14.7 Å². The van der Waals surface area contributed by atoms with Crippen LogP contribution >= 0.6 is 15.9 Å². The first-order chi connectivity index (χ1) is 13.6. The van der Waals surface area contributed by atoms with E-state index < -0.39 is 0 Å². The third-order valence-corrected chi connectivity index (χ3v) is 5.69. The summed E-state index contributed by atoms with van der Waals surface area (Å²) in [6, 6.07) is 15.6. The van der Waals surface area contributed by atoms with Crippen LogP contribution in [0.3, 0.4) is 0 Å². The number of benzene rings is 2. The summed E-state index contributed by atoms with van der Waals surface area (Å²) in [5.74, 6) is 1.45. The molecule has 0 aliphatic carbocycles. The molecule has 1 aliphatic rings. The molecule has 28 heavy (non-hydrogen) atoms. The number of anilines is 1. The van der Waals surface area contributed by atoms with E-state index in [2.05, 4.69) is 31.4 Å². The van der Waals surface area contributed by atoms with Gasteiger partial charge in [0.2, 0.25) is 11.7 Å². The van der Waals surface area contributed by atoms with Crippen molar-refractivity contribution in [1.29, 1.82) is 0 Å². The Morgan fingerprint density at radius 1 is 1.14 bits per heavy atom. The highest BCUT2D eigenvalue weighted by atomic mass is 79.9. The van der Waals surface area contributed by atoms with Gasteiger partial charge in [0.15, 0.2) is 0 Å². The molecule has 6 nitrogen and oxygen atoms in total. The van der Waals surface area contributed by atoms with Crippen LogP contribution in [0, 0.1) is 6.92 Å². The van der Waals surface area contributed by atoms with Gasteiger partial charge in [-0.2, -0.15) is 4.98 Å². The van der Waals surface area contributed by atoms with Crippen molar-refractivity contribution in [2.45, 2.75) is 25.7 Å². The van der Waals surface area contributed by atoms with Crippen molar-refractivity contribution in [3.63, 3.8) is 0 Å². The van der Waals surface area contributed by atoms with E-state index in [1.807, 2.05) is 60.4 Å². The van der Waals surface area contributed by atoms with Gasteiger partial charge in [0.05, 0.1) is 5.69 Å². The monoisotopic (exact) mass is 440 g/mol. The molecule has 0 radical (unpaired) electrons. The molecule has 0 bridgehead atoms. The number of aromatic nitrogens is 2. The quantitative estimate of drug-likeness (QED) is 0.605. The molecule has 0 spiro atoms. The fourth-order valence-electron chi connectivity index (χ4n) is 3.31. The van der Waals surface area contributed by atoms with Gasteiger partial charge in [-0.15, -0.1) is 0 Å². The molecule has 3 aromatic rings. The molecule has 1 fully saturated rings. The van der Waals surface area contributed by atoms with E-state index in [-0.39, 0.29) is 11.9 Å². The van der Waals surface area contributed by atoms with Crippen LogP contribution in [-0.2, 0) is 0 Å². The van der Waals surface area contributed by atoms with Crippen molar-refractivity contribution in [3.8, 4) is 11.4 Å². The highest BCUT2D eigenvalue weighted by Gasteiger charge is 2.28. The zero-order valence-corrected chi connectivity index (χ0v) is 17.1. The average molecular weight is 441 g/mol. The van der Waals surface area contributed by atoms with Gasteiger partial charge in [0.25, 0.3) is 0 Å². The van der Waals surface area contributed by atoms with Crippen LogP contribution < -0.4 is 5.32 Å². The predicted molar refractivity (Wildman–Crippen MR) is 111 cm³/mol. The first-order valence-electron chi connectivity index (χ1n) is 9.31. The maximum absolute atomic E-state index is 12.5. The Morgan fingerprint density at radius 2 is 1.86 bits per heavy atom. The lowest BCUT2D eigenvalue weighted by Crippen LogP contribution is -2.40. The van der Waals surface area contributed by atoms with Crippen molar-refractivity contribution in [3.05, 3.63) is 64.5 Å². The molecular weight excluding hydrogens is 420 g/mol. The van der Waals surface area contributed by atoms with E-state index in [4.69, 9.17) is 4.52 Å². The zero-order valence-electron chi connectivity index (χ0n) is 15.6. The molecule has 1 saturated heterocycles. The number of para-hydroxylation sites is 1. The zero-order chi connectivity index (χ0) is 19.5. The van der Waals surface area contributed by atoms with Crippen molar-refractivity contribution >= 4 is 27.6 Å². The summed E-state index contributed by atoms with van der Waals surface area (Å²) in [6.45, 7) is 3.36. The highest BCUT2D eigenvalue weighted by molar-refractivity contribution is 9.10. The minimum absolute atomic E-state index is 0.0868. The Labute approximate surface area is 172 Å². The highest BCUT2D eigenvalue weighted by Crippen LogP contribution is 2.29. The summed E-state index contributed by atoms with van der Waals surface area (Å²) in [5.41, 5.74) is 2.92. The molecule has 1 aromatic heterocycles. The minimum atomic E-state index is -0.0868. The van der Waals surface area contributed by atoms with Crippen LogP contribution in [0.4, 0.5) is 10.5 Å². The third kappa shape index (κ3) is 4.09. The molecular formula is C21H21BrN4O2. The first-order valence-corrected chi connectivity index (χ1v) is 10.1. The molecule has 2 aromatic carbocycles. The number of carbonyl (C=O) groups is 1. The number of halogens is 1. The van der Waals surface area contributed by atoms with Crippen LogP contribution in [-0.4, -0.2) is 34.2 Å². The summed E-state index contributed by atoms with van der Waals surface area (Å²) in [7, 11) is 0. The van der Waals surface area contributed by atoms with Crippen molar-refractivity contribution in [2.75, 3.05) is 18.4 Å². The number of aryl methyl sites for hydroxylation is 1. The molecule has 1 aliphatic heterocycles. The average Bonchev–Trinajstić information content (AvgIpc) is 3.20. The Bertz CT molecular complexity index is 963. The van der Waals surface area contributed by atoms with Crippen molar-refractivity contribution in [2.24, 2.45) is 0 Å². The number of carbonyl (C=O) groups excluding carboxylic acids is 1. The Kier molecular flexibility index (Phi) is 5.43. The van der Waals surface area contributed by atoms with Gasteiger partial charge >= 0.3 is 6.03 Å². The van der Waals surface area contributed by atoms with Gasteiger partial charge in [0.1, 0.15) is 0 Å². The second-order valence-corrected chi connectivity index (χ2v) is 7.85. The van der Waals surface area contributed by atoms with Gasteiger partial charge in [-0.3, -0.25) is 0 Å². The first kappa shape index (κ1) is 18.7. The van der Waals surface area contributed by atoms with E-state index in [1.165, 1.54) is 5.56 Å². The molecule has 144 valence electrons. The normalized spacial score (nSPS) is 14.9. The summed E-state index contributed by atoms with van der Waals surface area (Å²) < 4.78 is 6.38. The number of hydrogen-bond acceptors (Lipinski definition) is 4. The minimum Gasteiger partial charge on any atom is -0.339 e. The fourth-order valence-corrected chi connectivity index (χ4v) is 3.69. The second kappa shape index (κ2) is 8.14. The molecule has 0 saturated carbocycles. The van der Waals surface area contributed by atoms with Crippen LogP contribution in [0.15, 0.2) is 57.5 Å². The lowest BCUT2D eigenvalue weighted by atomic mass is 9.97. The van der Waals surface area contributed by atoms with E-state index in [0.717, 1.165) is 28.6 Å². The van der Waals surface area contributed by atoms with Gasteiger partial charge in [-0.1, -0.05) is 47.1 Å². The number of nitrogens with one attached hydrogen (secondary N) is 1. The molecule has 1 N–H and O–H groups in total. The molecule has 2 heterocycles.